The van der Waals surface area contributed by atoms with Gasteiger partial charge in [0.15, 0.2) is 0 Å². The standard InChI is InChI=1S/C23H33N5O3S/c1-2-3-14-32(30,31)26-21-16-18-4-5-19(15-20(18)17-21)22-6-7-23(29)28(25-22)13-12-27-10-8-24-9-11-27/h4-7,15,21,24,26H,2-3,8-14,16-17H2,1H3. The maximum atomic E-state index is 12.3. The molecule has 1 fully saturated rings. The molecule has 1 aromatic heterocycles. The van der Waals surface area contributed by atoms with Crippen LogP contribution in [-0.4, -0.2) is 67.6 Å². The monoisotopic (exact) mass is 459 g/mol. The van der Waals surface area contributed by atoms with Crippen molar-refractivity contribution in [3.63, 3.8) is 0 Å². The highest BCUT2D eigenvalue weighted by atomic mass is 32.2. The quantitative estimate of drug-likeness (QED) is 0.581. The Balaban J connectivity index is 1.44. The van der Waals surface area contributed by atoms with Gasteiger partial charge in [0, 0.05) is 50.4 Å². The largest absolute Gasteiger partial charge is 0.314 e. The van der Waals surface area contributed by atoms with Gasteiger partial charge in [0.2, 0.25) is 10.0 Å². The van der Waals surface area contributed by atoms with E-state index in [1.807, 2.05) is 13.0 Å². The number of sulfonamides is 1. The van der Waals surface area contributed by atoms with Gasteiger partial charge in [-0.1, -0.05) is 25.5 Å². The first-order valence-corrected chi connectivity index (χ1v) is 13.2. The lowest BCUT2D eigenvalue weighted by Crippen LogP contribution is -2.45. The molecular formula is C23H33N5O3S. The third-order valence-corrected chi connectivity index (χ3v) is 7.77. The minimum absolute atomic E-state index is 0.0911. The van der Waals surface area contributed by atoms with Crippen LogP contribution in [0.25, 0.3) is 11.3 Å². The van der Waals surface area contributed by atoms with Gasteiger partial charge in [-0.3, -0.25) is 9.69 Å². The summed E-state index contributed by atoms with van der Waals surface area (Å²) in [5, 5.41) is 7.95. The van der Waals surface area contributed by atoms with Crippen LogP contribution in [0.1, 0.15) is 30.9 Å². The van der Waals surface area contributed by atoms with Crippen molar-refractivity contribution >= 4 is 10.0 Å². The molecule has 2 aliphatic rings. The topological polar surface area (TPSA) is 96.3 Å². The summed E-state index contributed by atoms with van der Waals surface area (Å²) in [6.07, 6.45) is 2.92. The number of hydrogen-bond donors (Lipinski definition) is 2. The fraction of sp³-hybridized carbons (Fsp3) is 0.565. The van der Waals surface area contributed by atoms with E-state index in [9.17, 15) is 13.2 Å². The van der Waals surface area contributed by atoms with Crippen LogP contribution >= 0.6 is 0 Å². The van der Waals surface area contributed by atoms with E-state index in [1.54, 1.807) is 16.8 Å². The summed E-state index contributed by atoms with van der Waals surface area (Å²) in [5.41, 5.74) is 3.94. The zero-order valence-electron chi connectivity index (χ0n) is 18.7. The third kappa shape index (κ3) is 5.83. The van der Waals surface area contributed by atoms with Gasteiger partial charge in [0.1, 0.15) is 0 Å². The predicted molar refractivity (Wildman–Crippen MR) is 126 cm³/mol. The van der Waals surface area contributed by atoms with E-state index >= 15 is 0 Å². The molecule has 1 atom stereocenters. The van der Waals surface area contributed by atoms with Gasteiger partial charge < -0.3 is 5.32 Å². The molecule has 0 spiro atoms. The van der Waals surface area contributed by atoms with Crippen molar-refractivity contribution < 1.29 is 8.42 Å². The van der Waals surface area contributed by atoms with E-state index in [-0.39, 0.29) is 17.4 Å². The molecule has 2 heterocycles. The van der Waals surface area contributed by atoms with Crippen molar-refractivity contribution in [1.29, 1.82) is 0 Å². The first-order chi connectivity index (χ1) is 15.4. The van der Waals surface area contributed by atoms with Crippen LogP contribution < -0.4 is 15.6 Å². The van der Waals surface area contributed by atoms with Crippen molar-refractivity contribution in [3.05, 3.63) is 51.8 Å². The molecule has 0 amide bonds. The molecule has 0 radical (unpaired) electrons. The zero-order valence-corrected chi connectivity index (χ0v) is 19.5. The number of aromatic nitrogens is 2. The minimum Gasteiger partial charge on any atom is -0.314 e. The number of benzene rings is 1. The molecular weight excluding hydrogens is 426 g/mol. The van der Waals surface area contributed by atoms with E-state index in [0.717, 1.165) is 56.0 Å². The molecule has 1 unspecified atom stereocenters. The summed E-state index contributed by atoms with van der Waals surface area (Å²) in [7, 11) is -3.24. The highest BCUT2D eigenvalue weighted by Crippen LogP contribution is 2.27. The number of unbranched alkanes of at least 4 members (excludes halogenated alkanes) is 1. The molecule has 174 valence electrons. The van der Waals surface area contributed by atoms with Gasteiger partial charge in [0.05, 0.1) is 18.0 Å². The Morgan fingerprint density at radius 2 is 1.88 bits per heavy atom. The Hall–Kier alpha value is -2.07. The maximum Gasteiger partial charge on any atom is 0.266 e. The Kier molecular flexibility index (Phi) is 7.40. The number of nitrogens with one attached hydrogen (secondary N) is 2. The molecule has 2 aromatic rings. The van der Waals surface area contributed by atoms with Gasteiger partial charge in [-0.05, 0) is 42.5 Å². The number of piperazine rings is 1. The Labute approximate surface area is 190 Å². The fourth-order valence-corrected chi connectivity index (χ4v) is 5.90. The Morgan fingerprint density at radius 1 is 1.09 bits per heavy atom. The summed E-state index contributed by atoms with van der Waals surface area (Å²) < 4.78 is 29.0. The lowest BCUT2D eigenvalue weighted by Gasteiger charge is -2.27. The van der Waals surface area contributed by atoms with E-state index in [1.165, 1.54) is 5.56 Å². The van der Waals surface area contributed by atoms with Crippen molar-refractivity contribution in [2.45, 2.75) is 45.2 Å². The van der Waals surface area contributed by atoms with Gasteiger partial charge in [0.25, 0.3) is 5.56 Å². The molecule has 1 saturated heterocycles. The summed E-state index contributed by atoms with van der Waals surface area (Å²) in [6.45, 7) is 7.30. The lowest BCUT2D eigenvalue weighted by molar-refractivity contribution is 0.228. The van der Waals surface area contributed by atoms with Crippen LogP contribution in [0, 0.1) is 0 Å². The lowest BCUT2D eigenvalue weighted by atomic mass is 10.0. The molecule has 0 saturated carbocycles. The highest BCUT2D eigenvalue weighted by Gasteiger charge is 2.25. The van der Waals surface area contributed by atoms with Crippen molar-refractivity contribution in [2.75, 3.05) is 38.5 Å². The van der Waals surface area contributed by atoms with Crippen molar-refractivity contribution in [3.8, 4) is 11.3 Å². The minimum atomic E-state index is -3.24. The van der Waals surface area contributed by atoms with Crippen LogP contribution in [0.15, 0.2) is 35.1 Å². The molecule has 4 rings (SSSR count). The average Bonchev–Trinajstić information content (AvgIpc) is 3.18. The summed E-state index contributed by atoms with van der Waals surface area (Å²) in [6, 6.07) is 9.42. The Bertz CT molecular complexity index is 1090. The van der Waals surface area contributed by atoms with Crippen LogP contribution in [-0.2, 0) is 29.4 Å². The molecule has 0 bridgehead atoms. The molecule has 32 heavy (non-hydrogen) atoms. The van der Waals surface area contributed by atoms with Crippen LogP contribution in [0.5, 0.6) is 0 Å². The predicted octanol–water partition coefficient (Wildman–Crippen LogP) is 1.00. The van der Waals surface area contributed by atoms with Gasteiger partial charge in [-0.15, -0.1) is 0 Å². The van der Waals surface area contributed by atoms with E-state index in [2.05, 4.69) is 32.2 Å². The van der Waals surface area contributed by atoms with Crippen LogP contribution in [0.2, 0.25) is 0 Å². The average molecular weight is 460 g/mol. The number of rotatable bonds is 9. The van der Waals surface area contributed by atoms with Crippen LogP contribution in [0.3, 0.4) is 0 Å². The molecule has 9 heteroatoms. The normalized spacial score (nSPS) is 19.2. The maximum absolute atomic E-state index is 12.3. The Morgan fingerprint density at radius 3 is 2.66 bits per heavy atom. The van der Waals surface area contributed by atoms with Gasteiger partial charge in [-0.25, -0.2) is 17.8 Å². The van der Waals surface area contributed by atoms with Crippen LogP contribution in [0.4, 0.5) is 0 Å². The molecule has 2 N–H and O–H groups in total. The fourth-order valence-electron chi connectivity index (χ4n) is 4.44. The van der Waals surface area contributed by atoms with Gasteiger partial charge in [-0.2, -0.15) is 5.10 Å². The smallest absolute Gasteiger partial charge is 0.266 e. The molecule has 1 aliphatic heterocycles. The third-order valence-electron chi connectivity index (χ3n) is 6.25. The molecule has 1 aliphatic carbocycles. The van der Waals surface area contributed by atoms with E-state index in [0.29, 0.717) is 25.8 Å². The number of fused-ring (bicyclic) bond motifs is 1. The first kappa shape index (κ1) is 23.1. The second kappa shape index (κ2) is 10.2. The second-order valence-electron chi connectivity index (χ2n) is 8.75. The summed E-state index contributed by atoms with van der Waals surface area (Å²) in [4.78, 5) is 14.7. The zero-order chi connectivity index (χ0) is 22.6. The second-order valence-corrected chi connectivity index (χ2v) is 10.6. The summed E-state index contributed by atoms with van der Waals surface area (Å²) in [5.74, 6) is 0.182. The number of nitrogens with zero attached hydrogens (tertiary/aromatic N) is 3. The molecule has 8 nitrogen and oxygen atoms in total. The first-order valence-electron chi connectivity index (χ1n) is 11.6. The van der Waals surface area contributed by atoms with Gasteiger partial charge >= 0.3 is 0 Å². The van der Waals surface area contributed by atoms with E-state index < -0.39 is 10.0 Å². The highest BCUT2D eigenvalue weighted by molar-refractivity contribution is 7.89. The number of hydrogen-bond acceptors (Lipinski definition) is 6. The van der Waals surface area contributed by atoms with E-state index in [4.69, 9.17) is 0 Å². The van der Waals surface area contributed by atoms with Crippen molar-refractivity contribution in [1.82, 2.24) is 24.7 Å². The van der Waals surface area contributed by atoms with Crippen molar-refractivity contribution in [2.24, 2.45) is 0 Å². The SMILES string of the molecule is CCCCS(=O)(=O)NC1Cc2ccc(-c3ccc(=O)n(CCN4CCNCC4)n3)cc2C1. The molecule has 1 aromatic carbocycles. The summed E-state index contributed by atoms with van der Waals surface area (Å²) >= 11 is 0.